The predicted molar refractivity (Wildman–Crippen MR) is 133 cm³/mol. The fourth-order valence-corrected chi connectivity index (χ4v) is 3.55. The molecule has 0 fully saturated rings. The predicted octanol–water partition coefficient (Wildman–Crippen LogP) is 5.61. The lowest BCUT2D eigenvalue weighted by atomic mass is 9.99. The number of imide groups is 1. The molecule has 1 N–H and O–H groups in total. The van der Waals surface area contributed by atoms with Gasteiger partial charge in [-0.15, -0.1) is 0 Å². The third kappa shape index (κ3) is 6.68. The lowest BCUT2D eigenvalue weighted by molar-refractivity contribution is -0.384. The van der Waals surface area contributed by atoms with Crippen LogP contribution in [0.15, 0.2) is 54.7 Å². The Labute approximate surface area is 208 Å². The van der Waals surface area contributed by atoms with Crippen LogP contribution in [0.25, 0.3) is 10.9 Å². The van der Waals surface area contributed by atoms with Gasteiger partial charge in [-0.05, 0) is 59.1 Å². The summed E-state index contributed by atoms with van der Waals surface area (Å²) in [6.07, 6.45) is 0.623. The van der Waals surface area contributed by atoms with Gasteiger partial charge in [0, 0.05) is 23.7 Å². The quantitative estimate of drug-likeness (QED) is 0.347. The second kappa shape index (κ2) is 10.2. The fourth-order valence-electron chi connectivity index (χ4n) is 3.55. The molecule has 2 aromatic carbocycles. The summed E-state index contributed by atoms with van der Waals surface area (Å²) in [4.78, 5) is 48.9. The van der Waals surface area contributed by atoms with Gasteiger partial charge < -0.3 is 9.47 Å². The Balaban J connectivity index is 1.80. The Kier molecular flexibility index (Phi) is 7.47. The molecule has 36 heavy (non-hydrogen) atoms. The number of hydrogen-bond acceptors (Lipinski definition) is 7. The highest BCUT2D eigenvalue weighted by atomic mass is 16.6. The van der Waals surface area contributed by atoms with Crippen LogP contribution >= 0.6 is 0 Å². The van der Waals surface area contributed by atoms with Gasteiger partial charge in [0.1, 0.15) is 11.2 Å². The average molecular weight is 496 g/mol. The monoisotopic (exact) mass is 495 g/mol. The van der Waals surface area contributed by atoms with Gasteiger partial charge in [-0.25, -0.2) is 9.59 Å². The van der Waals surface area contributed by atoms with Gasteiger partial charge in [0.2, 0.25) is 0 Å². The Hall–Kier alpha value is -4.21. The van der Waals surface area contributed by atoms with Gasteiger partial charge in [-0.1, -0.05) is 30.3 Å². The second-order valence-electron chi connectivity index (χ2n) is 9.94. The molecule has 0 unspecified atom stereocenters. The molecule has 1 aromatic heterocycles. The van der Waals surface area contributed by atoms with E-state index in [0.29, 0.717) is 12.8 Å². The molecule has 190 valence electrons. The summed E-state index contributed by atoms with van der Waals surface area (Å²) >= 11 is 0. The number of nitro benzene ring substituents is 1. The summed E-state index contributed by atoms with van der Waals surface area (Å²) in [5.41, 5.74) is -0.811. The van der Waals surface area contributed by atoms with E-state index in [4.69, 9.17) is 9.47 Å². The molecule has 0 saturated carbocycles. The van der Waals surface area contributed by atoms with Crippen LogP contribution in [0.1, 0.15) is 57.0 Å². The summed E-state index contributed by atoms with van der Waals surface area (Å²) in [7, 11) is 0. The Bertz CT molecular complexity index is 1300. The van der Waals surface area contributed by atoms with E-state index in [9.17, 15) is 24.5 Å². The number of amides is 2. The minimum absolute atomic E-state index is 0.0372. The number of non-ortho nitro benzene ring substituents is 1. The first kappa shape index (κ1) is 26.4. The Morgan fingerprint density at radius 2 is 1.67 bits per heavy atom. The van der Waals surface area contributed by atoms with Crippen molar-refractivity contribution in [1.29, 1.82) is 0 Å². The number of carbonyl (C=O) groups is 3. The number of aromatic nitrogens is 1. The summed E-state index contributed by atoms with van der Waals surface area (Å²) in [5, 5.41) is 13.7. The molecule has 3 aromatic rings. The lowest BCUT2D eigenvalue weighted by Crippen LogP contribution is -2.38. The fraction of sp³-hybridized carbons (Fsp3) is 0.346. The van der Waals surface area contributed by atoms with Gasteiger partial charge in [-0.3, -0.25) is 24.8 Å². The van der Waals surface area contributed by atoms with Gasteiger partial charge in [0.15, 0.2) is 0 Å². The summed E-state index contributed by atoms with van der Waals surface area (Å²) in [6.45, 7) is 8.49. The molecule has 2 amide bonds. The number of benzene rings is 2. The molecule has 0 aliphatic carbocycles. The number of nitrogens with zero attached hydrogens (tertiary/aromatic N) is 2. The zero-order chi connectivity index (χ0) is 26.7. The Morgan fingerprint density at radius 1 is 1.00 bits per heavy atom. The van der Waals surface area contributed by atoms with Crippen LogP contribution in [0.4, 0.5) is 15.3 Å². The molecule has 10 nitrogen and oxygen atoms in total. The van der Waals surface area contributed by atoms with E-state index in [1.807, 2.05) is 30.3 Å². The zero-order valence-electron chi connectivity index (χ0n) is 20.9. The van der Waals surface area contributed by atoms with Crippen LogP contribution in [0.5, 0.6) is 0 Å². The molecule has 0 saturated heterocycles. The molecule has 1 heterocycles. The van der Waals surface area contributed by atoms with E-state index >= 15 is 0 Å². The number of aryl methyl sites for hydroxylation is 1. The number of fused-ring (bicyclic) bond motifs is 1. The molecule has 0 aliphatic rings. The van der Waals surface area contributed by atoms with Crippen LogP contribution in [0.2, 0.25) is 0 Å². The van der Waals surface area contributed by atoms with Crippen molar-refractivity contribution < 1.29 is 28.8 Å². The Morgan fingerprint density at radius 3 is 2.28 bits per heavy atom. The van der Waals surface area contributed by atoms with Crippen molar-refractivity contribution in [3.05, 3.63) is 76.0 Å². The lowest BCUT2D eigenvalue weighted by Gasteiger charge is -2.25. The normalized spacial score (nSPS) is 11.7. The van der Waals surface area contributed by atoms with Crippen LogP contribution in [-0.4, -0.2) is 38.8 Å². The molecular weight excluding hydrogens is 466 g/mol. The van der Waals surface area contributed by atoms with Gasteiger partial charge in [0.25, 0.3) is 11.6 Å². The molecule has 0 aliphatic heterocycles. The van der Waals surface area contributed by atoms with Gasteiger partial charge >= 0.3 is 12.2 Å². The van der Waals surface area contributed by atoms with Crippen LogP contribution in [-0.2, 0) is 15.9 Å². The third-order valence-electron chi connectivity index (χ3n) is 5.28. The number of ether oxygens (including phenoxy) is 2. The highest BCUT2D eigenvalue weighted by molar-refractivity contribution is 6.13. The van der Waals surface area contributed by atoms with Crippen molar-refractivity contribution in [2.75, 3.05) is 0 Å². The summed E-state index contributed by atoms with van der Waals surface area (Å²) < 4.78 is 11.9. The number of rotatable bonds is 6. The van der Waals surface area contributed by atoms with Gasteiger partial charge in [0.05, 0.1) is 16.0 Å². The highest BCUT2D eigenvalue weighted by Crippen LogP contribution is 2.27. The smallest absolute Gasteiger partial charge is 0.419 e. The first-order chi connectivity index (χ1) is 16.8. The van der Waals surface area contributed by atoms with Crippen LogP contribution < -0.4 is 5.32 Å². The van der Waals surface area contributed by atoms with E-state index in [2.05, 4.69) is 5.32 Å². The van der Waals surface area contributed by atoms with Crippen molar-refractivity contribution in [3.63, 3.8) is 0 Å². The third-order valence-corrected chi connectivity index (χ3v) is 5.28. The van der Waals surface area contributed by atoms with Crippen molar-refractivity contribution in [2.24, 2.45) is 0 Å². The number of nitro groups is 1. The van der Waals surface area contributed by atoms with Crippen molar-refractivity contribution in [3.8, 4) is 0 Å². The maximum absolute atomic E-state index is 13.0. The second-order valence-corrected chi connectivity index (χ2v) is 9.94. The van der Waals surface area contributed by atoms with Crippen LogP contribution in [0.3, 0.4) is 0 Å². The number of carbonyl (C=O) groups excluding carboxylic acids is 3. The summed E-state index contributed by atoms with van der Waals surface area (Å²) in [5.74, 6) is -0.819. The van der Waals surface area contributed by atoms with E-state index in [-0.39, 0.29) is 22.2 Å². The topological polar surface area (TPSA) is 130 Å². The minimum atomic E-state index is -0.946. The maximum Gasteiger partial charge on any atom is 0.419 e. The molecule has 0 bridgehead atoms. The minimum Gasteiger partial charge on any atom is -0.443 e. The summed E-state index contributed by atoms with van der Waals surface area (Å²) in [6, 6.07) is 13.5. The molecule has 0 radical (unpaired) electrons. The first-order valence-corrected chi connectivity index (χ1v) is 11.4. The molecule has 0 atom stereocenters. The number of hydrogen-bond donors (Lipinski definition) is 1. The average Bonchev–Trinajstić information content (AvgIpc) is 3.16. The standard InChI is InChI=1S/C26H29N3O7/c1-25(2,3)36-24(32)28-16-20(19-12-11-18(29(33)34)15-21(19)28)22(30)27-23(31)35-26(4,5)14-13-17-9-7-6-8-10-17/h6-12,15-16H,13-14H2,1-5H3,(H,27,30,31). The molecular formula is C26H29N3O7. The van der Waals surface area contributed by atoms with E-state index in [1.54, 1.807) is 34.6 Å². The number of alkyl carbamates (subject to hydrolysis) is 1. The van der Waals surface area contributed by atoms with E-state index in [1.165, 1.54) is 24.4 Å². The maximum atomic E-state index is 13.0. The highest BCUT2D eigenvalue weighted by Gasteiger charge is 2.27. The van der Waals surface area contributed by atoms with Crippen molar-refractivity contribution >= 4 is 34.7 Å². The van der Waals surface area contributed by atoms with Crippen LogP contribution in [0, 0.1) is 10.1 Å². The largest absolute Gasteiger partial charge is 0.443 e. The zero-order valence-corrected chi connectivity index (χ0v) is 20.9. The SMILES string of the molecule is CC(C)(C)OC(=O)n1cc(C(=O)NC(=O)OC(C)(C)CCc2ccccc2)c2ccc([N+](=O)[O-])cc21. The van der Waals surface area contributed by atoms with E-state index in [0.717, 1.165) is 10.1 Å². The molecule has 10 heteroatoms. The van der Waals surface area contributed by atoms with Crippen molar-refractivity contribution in [1.82, 2.24) is 9.88 Å². The number of nitrogens with one attached hydrogen (secondary N) is 1. The van der Waals surface area contributed by atoms with E-state index < -0.39 is 34.2 Å². The van der Waals surface area contributed by atoms with Crippen molar-refractivity contribution in [2.45, 2.75) is 58.7 Å². The molecule has 0 spiro atoms. The van der Waals surface area contributed by atoms with Gasteiger partial charge in [-0.2, -0.15) is 0 Å². The molecule has 3 rings (SSSR count). The first-order valence-electron chi connectivity index (χ1n) is 11.4.